The lowest BCUT2D eigenvalue weighted by Crippen LogP contribution is -2.68. The third-order valence-corrected chi connectivity index (χ3v) is 18.5. The number of hydrogen-bond donors (Lipinski definition) is 23. The van der Waals surface area contributed by atoms with E-state index in [0.717, 1.165) is 23.5 Å². The molecule has 7 saturated heterocycles. The number of rotatable bonds is 28. The van der Waals surface area contributed by atoms with E-state index in [1.54, 1.807) is 0 Å². The quantitative estimate of drug-likeness (QED) is 0.0346. The molecule has 0 aliphatic carbocycles. The Bertz CT molecular complexity index is 2190. The highest BCUT2D eigenvalue weighted by molar-refractivity contribution is 7.99. The van der Waals surface area contributed by atoms with Crippen LogP contribution < -0.4 is 11.5 Å². The zero-order chi connectivity index (χ0) is 66.3. The highest BCUT2D eigenvalue weighted by Gasteiger charge is 2.58. The summed E-state index contributed by atoms with van der Waals surface area (Å²) < 4.78 is 80.0. The van der Waals surface area contributed by atoms with Crippen LogP contribution in [0.25, 0.3) is 0 Å². The fraction of sp³-hybridized carbons (Fsp3) is 0.959. The molecular weight excluding hydrogens is 1270 g/mol. The number of methoxy groups -OCH3 is 1. The van der Waals surface area contributed by atoms with Crippen molar-refractivity contribution >= 4 is 35.5 Å². The normalized spacial score (nSPS) is 47.8. The predicted molar refractivity (Wildman–Crippen MR) is 287 cm³/mol. The fourth-order valence-electron chi connectivity index (χ4n) is 11.0. The Balaban J connectivity index is 1.01. The first kappa shape index (κ1) is 75.6. The molecule has 90 heavy (non-hydrogen) atoms. The van der Waals surface area contributed by atoms with Crippen molar-refractivity contribution in [3.63, 3.8) is 0 Å². The third kappa shape index (κ3) is 17.1. The molecule has 0 bridgehead atoms. The molecule has 0 spiro atoms. The zero-order valence-electron chi connectivity index (χ0n) is 47.8. The Labute approximate surface area is 519 Å². The molecule has 0 radical (unpaired) electrons. The van der Waals surface area contributed by atoms with E-state index in [0.29, 0.717) is 0 Å². The second kappa shape index (κ2) is 34.0. The Morgan fingerprint density at radius 1 is 0.378 bits per heavy atom. The largest absolute Gasteiger partial charge is 0.480 e. The second-order valence-electron chi connectivity index (χ2n) is 22.3. The van der Waals surface area contributed by atoms with Crippen molar-refractivity contribution in [3.05, 3.63) is 0 Å². The van der Waals surface area contributed by atoms with Gasteiger partial charge >= 0.3 is 11.9 Å². The van der Waals surface area contributed by atoms with E-state index in [4.69, 9.17) is 77.8 Å². The summed E-state index contributed by atoms with van der Waals surface area (Å²) in [4.78, 5) is 23.1. The SMILES string of the molecule is CO[C@@H]1C(CO)O[C@H](O[C@@H]2C(CO)O[C@H](O[C@@H]3C(CSC[C@@H](N)C(=O)O)O[C@H](O[C@@H]4C(CO)O[C@@H](O[C@@H]5C(CO)O[C@@H](O[C@@H]6C(CSC[C@@H](N)C(=O)O)O[C@@H](O[C@@H]7C(CO)OCC(O)[C@H]7O)C(O)[C@H]6O)C(O)[C@@H]5O)C(O)[C@H]4O)C(O)[C@H]3O)C(O)[C@H]2O)C(O)[C@H]1O. The lowest BCUT2D eigenvalue weighted by molar-refractivity contribution is -0.394. The monoisotopic (exact) mass is 1360 g/mol. The van der Waals surface area contributed by atoms with E-state index in [9.17, 15) is 117 Å². The molecule has 524 valence electrons. The fourth-order valence-corrected chi connectivity index (χ4v) is 13.0. The predicted octanol–water partition coefficient (Wildman–Crippen LogP) is -14.6. The average Bonchev–Trinajstić information content (AvgIpc) is 0.833. The van der Waals surface area contributed by atoms with Crippen molar-refractivity contribution < 1.29 is 183 Å². The van der Waals surface area contributed by atoms with Gasteiger partial charge in [-0.15, -0.1) is 0 Å². The molecule has 41 heteroatoms. The molecule has 0 amide bonds. The number of hydrogen-bond acceptors (Lipinski definition) is 39. The van der Waals surface area contributed by atoms with E-state index >= 15 is 0 Å². The molecule has 0 saturated carbocycles. The van der Waals surface area contributed by atoms with E-state index < -0.39 is 272 Å². The molecule has 7 heterocycles. The van der Waals surface area contributed by atoms with Crippen LogP contribution in [0.2, 0.25) is 0 Å². The molecule has 36 atom stereocenters. The first-order valence-corrected chi connectivity index (χ1v) is 30.7. The molecule has 7 fully saturated rings. The number of thioether (sulfide) groups is 2. The summed E-state index contributed by atoms with van der Waals surface area (Å²) in [5, 5.41) is 227. The van der Waals surface area contributed by atoms with Gasteiger partial charge in [0.05, 0.1) is 51.8 Å². The molecule has 0 aromatic rings. The molecule has 25 N–H and O–H groups in total. The van der Waals surface area contributed by atoms with Crippen LogP contribution in [0.4, 0.5) is 0 Å². The van der Waals surface area contributed by atoms with E-state index in [-0.39, 0.29) is 23.0 Å². The van der Waals surface area contributed by atoms with E-state index in [1.807, 2.05) is 0 Å². The number of carboxylic acid groups (broad SMARTS) is 2. The summed E-state index contributed by atoms with van der Waals surface area (Å²) in [6, 6.07) is -2.86. The van der Waals surface area contributed by atoms with Crippen LogP contribution in [-0.4, -0.2) is 410 Å². The van der Waals surface area contributed by atoms with Crippen molar-refractivity contribution in [2.75, 3.05) is 69.8 Å². The van der Waals surface area contributed by atoms with Crippen LogP contribution >= 0.6 is 23.5 Å². The number of aliphatic hydroxyl groups is 19. The number of aliphatic carboxylic acids is 2. The maximum atomic E-state index is 11.7. The standard InChI is InChI=1S/C49H84N2O37S2/c1-75-35-16(3-53)77-44(29(65)23(35)59)84-37-17(4-54)79-46(31(67)25(37)61)88-41-21(11-90-9-13(51)43(73)74)82-49(34(70)28(41)64)86-39-19(6-56)78-45(30(66)24(39)60)85-38-18(5-55)80-47(32(68)26(38)62)87-40-20(10-89-8-12(50)42(71)72)81-48(33(69)27(40)63)83-36-15(2-52)76-7-14(57)22(36)58/h12-41,44-49,52-70H,2-11,50-51H2,1H3,(H,71,72)(H,73,74)/t12-,13-,14?,15?,16?,17?,18?,19?,20?,21?,22-,23-,24-,25-,26+,27-,28-,29?,30?,31?,32?,33?,34?,35-,36-,37-,38-,39-,40-,41-,44-,45+,46-,47+,48+,49-/m1/s1. The first-order chi connectivity index (χ1) is 42.7. The topological polar surface area (TPSA) is 640 Å². The molecule has 7 aliphatic rings. The van der Waals surface area contributed by atoms with Gasteiger partial charge in [-0.3, -0.25) is 9.59 Å². The van der Waals surface area contributed by atoms with Gasteiger partial charge in [0, 0.05) is 30.1 Å². The van der Waals surface area contributed by atoms with Crippen molar-refractivity contribution in [2.45, 2.75) is 221 Å². The lowest BCUT2D eigenvalue weighted by Gasteiger charge is -2.50. The van der Waals surface area contributed by atoms with Crippen LogP contribution in [-0.2, 0) is 75.9 Å². The minimum atomic E-state index is -2.27. The highest BCUT2D eigenvalue weighted by Crippen LogP contribution is 2.39. The zero-order valence-corrected chi connectivity index (χ0v) is 49.4. The number of carboxylic acids is 2. The summed E-state index contributed by atoms with van der Waals surface area (Å²) in [7, 11) is 1.17. The Hall–Kier alpha value is -1.76. The van der Waals surface area contributed by atoms with Crippen LogP contribution in [0.3, 0.4) is 0 Å². The average molecular weight is 1360 g/mol. The van der Waals surface area contributed by atoms with E-state index in [2.05, 4.69) is 0 Å². The molecule has 39 nitrogen and oxygen atoms in total. The minimum absolute atomic E-state index is 0.251. The Morgan fingerprint density at radius 3 is 0.867 bits per heavy atom. The van der Waals surface area contributed by atoms with Gasteiger partial charge in [0.25, 0.3) is 0 Å². The van der Waals surface area contributed by atoms with Crippen LogP contribution in [0.15, 0.2) is 0 Å². The summed E-state index contributed by atoms with van der Waals surface area (Å²) in [6.45, 7) is -5.01. The van der Waals surface area contributed by atoms with Crippen LogP contribution in [0.5, 0.6) is 0 Å². The summed E-state index contributed by atoms with van der Waals surface area (Å²) in [6.07, 6.45) is -63.2. The maximum absolute atomic E-state index is 11.7. The Morgan fingerprint density at radius 2 is 0.611 bits per heavy atom. The van der Waals surface area contributed by atoms with Gasteiger partial charge in [-0.1, -0.05) is 0 Å². The molecule has 14 unspecified atom stereocenters. The highest BCUT2D eigenvalue weighted by atomic mass is 32.2. The van der Waals surface area contributed by atoms with Crippen molar-refractivity contribution in [1.82, 2.24) is 0 Å². The molecular formula is C49H84N2O37S2. The van der Waals surface area contributed by atoms with Gasteiger partial charge in [-0.2, -0.15) is 23.5 Å². The van der Waals surface area contributed by atoms with Gasteiger partial charge in [-0.25, -0.2) is 0 Å². The number of aliphatic hydroxyl groups excluding tert-OH is 19. The molecule has 0 aromatic heterocycles. The number of carbonyl (C=O) groups is 2. The van der Waals surface area contributed by atoms with Gasteiger partial charge in [-0.05, 0) is 0 Å². The maximum Gasteiger partial charge on any atom is 0.321 e. The molecule has 0 aromatic carbocycles. The van der Waals surface area contributed by atoms with Crippen LogP contribution in [0.1, 0.15) is 0 Å². The second-order valence-corrected chi connectivity index (χ2v) is 24.4. The van der Waals surface area contributed by atoms with E-state index in [1.165, 1.54) is 7.11 Å². The van der Waals surface area contributed by atoms with Crippen LogP contribution in [0, 0.1) is 0 Å². The number of nitrogens with two attached hydrogens (primary N) is 2. The third-order valence-electron chi connectivity index (χ3n) is 16.1. The van der Waals surface area contributed by atoms with Crippen molar-refractivity contribution in [2.24, 2.45) is 11.5 Å². The molecule has 7 rings (SSSR count). The Kier molecular flexibility index (Phi) is 28.5. The van der Waals surface area contributed by atoms with Crippen molar-refractivity contribution in [3.8, 4) is 0 Å². The summed E-state index contributed by atoms with van der Waals surface area (Å²) in [5.74, 6) is -4.02. The lowest BCUT2D eigenvalue weighted by atomic mass is 9.95. The van der Waals surface area contributed by atoms with Crippen molar-refractivity contribution in [1.29, 1.82) is 0 Å². The summed E-state index contributed by atoms with van der Waals surface area (Å²) in [5.41, 5.74) is 11.4. The molecule has 7 aliphatic heterocycles. The van der Waals surface area contributed by atoms with Gasteiger partial charge < -0.3 is 185 Å². The number of ether oxygens (including phenoxy) is 14. The smallest absolute Gasteiger partial charge is 0.321 e. The van der Waals surface area contributed by atoms with Gasteiger partial charge in [0.2, 0.25) is 0 Å². The first-order valence-electron chi connectivity index (χ1n) is 28.4. The summed E-state index contributed by atoms with van der Waals surface area (Å²) >= 11 is 1.67. The van der Waals surface area contributed by atoms with Gasteiger partial charge in [0.15, 0.2) is 37.7 Å². The van der Waals surface area contributed by atoms with Gasteiger partial charge in [0.1, 0.15) is 171 Å². The minimum Gasteiger partial charge on any atom is -0.480 e.